The predicted octanol–water partition coefficient (Wildman–Crippen LogP) is 7.84. The lowest BCUT2D eigenvalue weighted by molar-refractivity contribution is -0.144. The molecule has 25 heavy (non-hydrogen) atoms. The van der Waals surface area contributed by atoms with Crippen molar-refractivity contribution in [1.29, 1.82) is 0 Å². The van der Waals surface area contributed by atoms with Crippen LogP contribution < -0.4 is 0 Å². The van der Waals surface area contributed by atoms with Crippen molar-refractivity contribution in [3.05, 3.63) is 0 Å². The highest BCUT2D eigenvalue weighted by atomic mass is 16.5. The number of carbonyl (C=O) groups is 1. The lowest BCUT2D eigenvalue weighted by Crippen LogP contribution is -2.08. The fraction of sp³-hybridized carbons (Fsp3) is 0.957. The normalized spacial score (nSPS) is 11.2. The van der Waals surface area contributed by atoms with Crippen molar-refractivity contribution in [3.8, 4) is 0 Å². The lowest BCUT2D eigenvalue weighted by Gasteiger charge is -2.06. The van der Waals surface area contributed by atoms with Gasteiger partial charge in [-0.2, -0.15) is 0 Å². The van der Waals surface area contributed by atoms with Crippen molar-refractivity contribution in [2.75, 3.05) is 6.61 Å². The molecule has 0 unspecified atom stereocenters. The standard InChI is InChI=1S/C23H46O2/c1-4-5-6-7-8-9-10-11-12-13-14-15-16-17-18-19-20-25-23(24)21-22(2)3/h22H,4-21H2,1-3H3. The van der Waals surface area contributed by atoms with E-state index in [1.807, 2.05) is 0 Å². The lowest BCUT2D eigenvalue weighted by atomic mass is 10.0. The van der Waals surface area contributed by atoms with Gasteiger partial charge in [0, 0.05) is 6.42 Å². The van der Waals surface area contributed by atoms with E-state index >= 15 is 0 Å². The van der Waals surface area contributed by atoms with Gasteiger partial charge < -0.3 is 4.74 Å². The van der Waals surface area contributed by atoms with Gasteiger partial charge in [0.15, 0.2) is 0 Å². The Balaban J connectivity index is 3.06. The third kappa shape index (κ3) is 21.4. The molecule has 0 bridgehead atoms. The molecule has 0 rings (SSSR count). The Kier molecular flexibility index (Phi) is 19.4. The van der Waals surface area contributed by atoms with Crippen molar-refractivity contribution in [1.82, 2.24) is 0 Å². The zero-order chi connectivity index (χ0) is 18.6. The second-order valence-corrected chi connectivity index (χ2v) is 8.12. The minimum atomic E-state index is -0.0315. The minimum Gasteiger partial charge on any atom is -0.466 e. The molecule has 0 spiro atoms. The number of hydrogen-bond donors (Lipinski definition) is 0. The summed E-state index contributed by atoms with van der Waals surface area (Å²) in [5.74, 6) is 0.370. The van der Waals surface area contributed by atoms with Crippen molar-refractivity contribution in [3.63, 3.8) is 0 Å². The van der Waals surface area contributed by atoms with Gasteiger partial charge >= 0.3 is 5.97 Å². The molecule has 0 heterocycles. The van der Waals surface area contributed by atoms with E-state index in [1.54, 1.807) is 0 Å². The van der Waals surface area contributed by atoms with Gasteiger partial charge in [-0.1, -0.05) is 117 Å². The fourth-order valence-electron chi connectivity index (χ4n) is 3.23. The van der Waals surface area contributed by atoms with Gasteiger partial charge in [-0.25, -0.2) is 0 Å². The van der Waals surface area contributed by atoms with Crippen molar-refractivity contribution in [2.24, 2.45) is 5.92 Å². The van der Waals surface area contributed by atoms with E-state index in [2.05, 4.69) is 20.8 Å². The Morgan fingerprint density at radius 1 is 0.640 bits per heavy atom. The highest BCUT2D eigenvalue weighted by Crippen LogP contribution is 2.13. The monoisotopic (exact) mass is 354 g/mol. The molecule has 0 aromatic rings. The van der Waals surface area contributed by atoms with Gasteiger partial charge in [-0.15, -0.1) is 0 Å². The maximum absolute atomic E-state index is 11.4. The number of rotatable bonds is 19. The van der Waals surface area contributed by atoms with Gasteiger partial charge in [-0.3, -0.25) is 4.79 Å². The largest absolute Gasteiger partial charge is 0.466 e. The van der Waals surface area contributed by atoms with Gasteiger partial charge in [-0.05, 0) is 12.3 Å². The number of ether oxygens (including phenoxy) is 1. The van der Waals surface area contributed by atoms with Gasteiger partial charge in [0.05, 0.1) is 6.61 Å². The molecular formula is C23H46O2. The van der Waals surface area contributed by atoms with Crippen LogP contribution in [0.5, 0.6) is 0 Å². The predicted molar refractivity (Wildman–Crippen MR) is 110 cm³/mol. The molecule has 0 N–H and O–H groups in total. The first-order valence-electron chi connectivity index (χ1n) is 11.3. The zero-order valence-electron chi connectivity index (χ0n) is 17.6. The van der Waals surface area contributed by atoms with E-state index in [0.717, 1.165) is 6.42 Å². The Bertz CT molecular complexity index is 273. The second-order valence-electron chi connectivity index (χ2n) is 8.12. The molecular weight excluding hydrogens is 308 g/mol. The summed E-state index contributed by atoms with van der Waals surface area (Å²) in [6, 6.07) is 0. The van der Waals surface area contributed by atoms with Gasteiger partial charge in [0.1, 0.15) is 0 Å². The first-order valence-corrected chi connectivity index (χ1v) is 11.3. The molecule has 150 valence electrons. The second kappa shape index (κ2) is 19.8. The number of hydrogen-bond acceptors (Lipinski definition) is 2. The summed E-state index contributed by atoms with van der Waals surface area (Å²) >= 11 is 0. The molecule has 0 aliphatic rings. The number of unbranched alkanes of at least 4 members (excludes halogenated alkanes) is 15. The Labute approximate surface area is 158 Å². The van der Waals surface area contributed by atoms with E-state index in [1.165, 1.54) is 96.3 Å². The number of esters is 1. The van der Waals surface area contributed by atoms with Crippen LogP contribution in [0.4, 0.5) is 0 Å². The summed E-state index contributed by atoms with van der Waals surface area (Å²) in [5, 5.41) is 0. The van der Waals surface area contributed by atoms with Crippen LogP contribution in [0, 0.1) is 5.92 Å². The maximum atomic E-state index is 11.4. The third-order valence-corrected chi connectivity index (χ3v) is 4.84. The Morgan fingerprint density at radius 3 is 1.36 bits per heavy atom. The van der Waals surface area contributed by atoms with Crippen molar-refractivity contribution in [2.45, 2.75) is 130 Å². The molecule has 2 nitrogen and oxygen atoms in total. The van der Waals surface area contributed by atoms with E-state index in [-0.39, 0.29) is 5.97 Å². The average Bonchev–Trinajstić information content (AvgIpc) is 2.57. The molecule has 0 aliphatic carbocycles. The Hall–Kier alpha value is -0.530. The van der Waals surface area contributed by atoms with Crippen molar-refractivity contribution < 1.29 is 9.53 Å². The van der Waals surface area contributed by atoms with Crippen molar-refractivity contribution >= 4 is 5.97 Å². The first kappa shape index (κ1) is 24.5. The van der Waals surface area contributed by atoms with E-state index < -0.39 is 0 Å². The van der Waals surface area contributed by atoms with Crippen LogP contribution in [0.1, 0.15) is 130 Å². The van der Waals surface area contributed by atoms with Crippen LogP contribution in [0.2, 0.25) is 0 Å². The average molecular weight is 355 g/mol. The van der Waals surface area contributed by atoms with Crippen LogP contribution in [0.3, 0.4) is 0 Å². The van der Waals surface area contributed by atoms with Crippen LogP contribution in [-0.2, 0) is 9.53 Å². The highest BCUT2D eigenvalue weighted by Gasteiger charge is 2.05. The smallest absolute Gasteiger partial charge is 0.306 e. The molecule has 0 atom stereocenters. The molecule has 0 saturated carbocycles. The zero-order valence-corrected chi connectivity index (χ0v) is 17.6. The summed E-state index contributed by atoms with van der Waals surface area (Å²) in [4.78, 5) is 11.4. The molecule has 0 radical (unpaired) electrons. The van der Waals surface area contributed by atoms with E-state index in [9.17, 15) is 4.79 Å². The van der Waals surface area contributed by atoms with Crippen LogP contribution in [0.25, 0.3) is 0 Å². The third-order valence-electron chi connectivity index (χ3n) is 4.84. The summed E-state index contributed by atoms with van der Waals surface area (Å²) < 4.78 is 5.23. The molecule has 2 heteroatoms. The van der Waals surface area contributed by atoms with Gasteiger partial charge in [0.2, 0.25) is 0 Å². The molecule has 0 aromatic carbocycles. The summed E-state index contributed by atoms with van der Waals surface area (Å²) in [7, 11) is 0. The fourth-order valence-corrected chi connectivity index (χ4v) is 3.23. The Morgan fingerprint density at radius 2 is 1.00 bits per heavy atom. The quantitative estimate of drug-likeness (QED) is 0.174. The summed E-state index contributed by atoms with van der Waals surface area (Å²) in [6.45, 7) is 7.00. The maximum Gasteiger partial charge on any atom is 0.306 e. The van der Waals surface area contributed by atoms with E-state index in [0.29, 0.717) is 18.9 Å². The molecule has 0 saturated heterocycles. The molecule has 0 aromatic heterocycles. The van der Waals surface area contributed by atoms with Crippen LogP contribution in [0.15, 0.2) is 0 Å². The first-order chi connectivity index (χ1) is 12.2. The molecule has 0 amide bonds. The van der Waals surface area contributed by atoms with Gasteiger partial charge in [0.25, 0.3) is 0 Å². The highest BCUT2D eigenvalue weighted by molar-refractivity contribution is 5.69. The van der Waals surface area contributed by atoms with E-state index in [4.69, 9.17) is 4.74 Å². The SMILES string of the molecule is CCCCCCCCCCCCCCCCCCOC(=O)CC(C)C. The van der Waals surface area contributed by atoms with Crippen LogP contribution >= 0.6 is 0 Å². The minimum absolute atomic E-state index is 0.0315. The summed E-state index contributed by atoms with van der Waals surface area (Å²) in [6.07, 6.45) is 22.5. The van der Waals surface area contributed by atoms with Crippen LogP contribution in [-0.4, -0.2) is 12.6 Å². The molecule has 0 fully saturated rings. The number of carbonyl (C=O) groups excluding carboxylic acids is 1. The molecule has 0 aliphatic heterocycles. The topological polar surface area (TPSA) is 26.3 Å². The summed E-state index contributed by atoms with van der Waals surface area (Å²) in [5.41, 5.74) is 0.